The number of nitrogens with zero attached hydrogens (tertiary/aromatic N) is 3. The molecule has 0 unspecified atom stereocenters. The van der Waals surface area contributed by atoms with Gasteiger partial charge in [-0.2, -0.15) is 0 Å². The minimum Gasteiger partial charge on any atom is -0.489 e. The molecule has 0 spiro atoms. The quantitative estimate of drug-likeness (QED) is 0.838. The minimum absolute atomic E-state index is 0.179. The summed E-state index contributed by atoms with van der Waals surface area (Å²) in [6.45, 7) is 4.66. The average Bonchev–Trinajstić information content (AvgIpc) is 3.03. The van der Waals surface area contributed by atoms with E-state index in [9.17, 15) is 0 Å². The number of likely N-dealkylation sites (tertiary alicyclic amines) is 1. The third kappa shape index (κ3) is 3.99. The zero-order chi connectivity index (χ0) is 17.1. The Morgan fingerprint density at radius 3 is 3.00 bits per heavy atom. The van der Waals surface area contributed by atoms with Gasteiger partial charge in [0, 0.05) is 31.0 Å². The zero-order valence-electron chi connectivity index (χ0n) is 14.7. The standard InChI is InChI=1S/C20H25N3O2/c1-15-4-2-5-16(22-15)13-23-11-9-20-19(23)8-7-18(25-20)14-24-17-6-3-10-21-12-17/h2-6,10,12,18-20H,7-9,11,13-14H2,1H3/t18-,19-,20-/m0/s1. The van der Waals surface area contributed by atoms with E-state index in [1.54, 1.807) is 12.4 Å². The fraction of sp³-hybridized carbons (Fsp3) is 0.500. The Morgan fingerprint density at radius 2 is 2.16 bits per heavy atom. The highest BCUT2D eigenvalue weighted by atomic mass is 16.5. The highest BCUT2D eigenvalue weighted by molar-refractivity contribution is 5.15. The van der Waals surface area contributed by atoms with Crippen LogP contribution >= 0.6 is 0 Å². The molecule has 0 aliphatic carbocycles. The number of aromatic nitrogens is 2. The van der Waals surface area contributed by atoms with Crippen molar-refractivity contribution in [1.82, 2.24) is 14.9 Å². The zero-order valence-corrected chi connectivity index (χ0v) is 14.7. The molecule has 0 N–H and O–H groups in total. The van der Waals surface area contributed by atoms with E-state index in [2.05, 4.69) is 27.0 Å². The molecule has 2 aromatic rings. The largest absolute Gasteiger partial charge is 0.489 e. The Hall–Kier alpha value is -1.98. The van der Waals surface area contributed by atoms with Crippen molar-refractivity contribution in [3.05, 3.63) is 54.1 Å². The summed E-state index contributed by atoms with van der Waals surface area (Å²) >= 11 is 0. The fourth-order valence-electron chi connectivity index (χ4n) is 3.92. The summed E-state index contributed by atoms with van der Waals surface area (Å²) in [5.74, 6) is 0.812. The number of hydrogen-bond donors (Lipinski definition) is 0. The van der Waals surface area contributed by atoms with E-state index in [-0.39, 0.29) is 6.10 Å². The predicted octanol–water partition coefficient (Wildman–Crippen LogP) is 2.99. The smallest absolute Gasteiger partial charge is 0.137 e. The average molecular weight is 339 g/mol. The topological polar surface area (TPSA) is 47.5 Å². The Bertz CT molecular complexity index is 694. The minimum atomic E-state index is 0.179. The molecule has 0 bridgehead atoms. The first-order valence-electron chi connectivity index (χ1n) is 9.13. The highest BCUT2D eigenvalue weighted by Gasteiger charge is 2.39. The van der Waals surface area contributed by atoms with E-state index in [0.29, 0.717) is 18.8 Å². The molecule has 2 aliphatic heterocycles. The molecule has 25 heavy (non-hydrogen) atoms. The molecule has 0 amide bonds. The lowest BCUT2D eigenvalue weighted by atomic mass is 9.99. The van der Waals surface area contributed by atoms with Crippen molar-refractivity contribution in [2.24, 2.45) is 0 Å². The van der Waals surface area contributed by atoms with Gasteiger partial charge in [-0.25, -0.2) is 0 Å². The summed E-state index contributed by atoms with van der Waals surface area (Å²) in [4.78, 5) is 11.3. The first-order chi connectivity index (χ1) is 12.3. The summed E-state index contributed by atoms with van der Waals surface area (Å²) in [6.07, 6.45) is 7.30. The molecule has 2 saturated heterocycles. The van der Waals surface area contributed by atoms with Crippen LogP contribution in [0.4, 0.5) is 0 Å². The second-order valence-electron chi connectivity index (χ2n) is 6.97. The summed E-state index contributed by atoms with van der Waals surface area (Å²) < 4.78 is 12.1. The number of hydrogen-bond acceptors (Lipinski definition) is 5. The third-order valence-electron chi connectivity index (χ3n) is 5.13. The van der Waals surface area contributed by atoms with Crippen LogP contribution in [-0.2, 0) is 11.3 Å². The summed E-state index contributed by atoms with van der Waals surface area (Å²) in [6, 6.07) is 10.6. The van der Waals surface area contributed by atoms with Crippen LogP contribution in [-0.4, -0.2) is 46.3 Å². The second-order valence-corrected chi connectivity index (χ2v) is 6.97. The Morgan fingerprint density at radius 1 is 1.20 bits per heavy atom. The van der Waals surface area contributed by atoms with Gasteiger partial charge >= 0.3 is 0 Å². The van der Waals surface area contributed by atoms with Crippen molar-refractivity contribution in [3.63, 3.8) is 0 Å². The van der Waals surface area contributed by atoms with Gasteiger partial charge < -0.3 is 9.47 Å². The number of fused-ring (bicyclic) bond motifs is 1. The SMILES string of the molecule is Cc1cccc(CN2CC[C@@H]3O[C@H](COc4cccnc4)CC[C@@H]32)n1. The molecule has 4 rings (SSSR count). The lowest BCUT2D eigenvalue weighted by molar-refractivity contribution is -0.0842. The van der Waals surface area contributed by atoms with Gasteiger partial charge in [0.1, 0.15) is 12.4 Å². The molecule has 0 saturated carbocycles. The molecule has 2 aliphatic rings. The number of ether oxygens (including phenoxy) is 2. The van der Waals surface area contributed by atoms with Crippen molar-refractivity contribution in [2.75, 3.05) is 13.2 Å². The van der Waals surface area contributed by atoms with Crippen LogP contribution < -0.4 is 4.74 Å². The van der Waals surface area contributed by atoms with Gasteiger partial charge in [0.15, 0.2) is 0 Å². The second kappa shape index (κ2) is 7.50. The van der Waals surface area contributed by atoms with Crippen molar-refractivity contribution < 1.29 is 9.47 Å². The first kappa shape index (κ1) is 16.5. The van der Waals surface area contributed by atoms with E-state index in [1.807, 2.05) is 25.1 Å². The molecule has 132 valence electrons. The van der Waals surface area contributed by atoms with Crippen molar-refractivity contribution in [3.8, 4) is 5.75 Å². The van der Waals surface area contributed by atoms with Crippen LogP contribution in [0.1, 0.15) is 30.7 Å². The van der Waals surface area contributed by atoms with Crippen molar-refractivity contribution in [2.45, 2.75) is 51.0 Å². The molecule has 5 heteroatoms. The van der Waals surface area contributed by atoms with Crippen LogP contribution in [0.2, 0.25) is 0 Å². The maximum absolute atomic E-state index is 6.32. The fourth-order valence-corrected chi connectivity index (χ4v) is 3.92. The number of pyridine rings is 2. The molecule has 0 radical (unpaired) electrons. The van der Waals surface area contributed by atoms with Crippen LogP contribution in [0.3, 0.4) is 0 Å². The van der Waals surface area contributed by atoms with Crippen LogP contribution in [0.15, 0.2) is 42.7 Å². The predicted molar refractivity (Wildman–Crippen MR) is 95.4 cm³/mol. The van der Waals surface area contributed by atoms with E-state index < -0.39 is 0 Å². The Kier molecular flexibility index (Phi) is 4.95. The normalized spacial score (nSPS) is 26.4. The molecule has 4 heterocycles. The maximum atomic E-state index is 6.32. The molecular weight excluding hydrogens is 314 g/mol. The third-order valence-corrected chi connectivity index (χ3v) is 5.13. The number of rotatable bonds is 5. The monoisotopic (exact) mass is 339 g/mol. The summed E-state index contributed by atoms with van der Waals surface area (Å²) in [7, 11) is 0. The Balaban J connectivity index is 1.30. The van der Waals surface area contributed by atoms with Gasteiger partial charge in [0.2, 0.25) is 0 Å². The molecule has 3 atom stereocenters. The molecule has 2 aromatic heterocycles. The van der Waals surface area contributed by atoms with Crippen molar-refractivity contribution in [1.29, 1.82) is 0 Å². The summed E-state index contributed by atoms with van der Waals surface area (Å²) in [5.41, 5.74) is 2.24. The number of aryl methyl sites for hydroxylation is 1. The molecule has 5 nitrogen and oxygen atoms in total. The summed E-state index contributed by atoms with van der Waals surface area (Å²) in [5, 5.41) is 0. The van der Waals surface area contributed by atoms with Crippen LogP contribution in [0.5, 0.6) is 5.75 Å². The molecule has 2 fully saturated rings. The van der Waals surface area contributed by atoms with E-state index in [0.717, 1.165) is 49.5 Å². The van der Waals surface area contributed by atoms with Gasteiger partial charge in [0.05, 0.1) is 24.1 Å². The lowest BCUT2D eigenvalue weighted by Gasteiger charge is -2.35. The Labute approximate surface area is 149 Å². The van der Waals surface area contributed by atoms with E-state index >= 15 is 0 Å². The maximum Gasteiger partial charge on any atom is 0.137 e. The van der Waals surface area contributed by atoms with Crippen LogP contribution in [0.25, 0.3) is 0 Å². The van der Waals surface area contributed by atoms with Crippen molar-refractivity contribution >= 4 is 0 Å². The molecular formula is C20H25N3O2. The highest BCUT2D eigenvalue weighted by Crippen LogP contribution is 2.32. The van der Waals surface area contributed by atoms with Gasteiger partial charge in [-0.3, -0.25) is 14.9 Å². The van der Waals surface area contributed by atoms with Gasteiger partial charge in [-0.15, -0.1) is 0 Å². The van der Waals surface area contributed by atoms with E-state index in [1.165, 1.54) is 0 Å². The van der Waals surface area contributed by atoms with Gasteiger partial charge in [0.25, 0.3) is 0 Å². The van der Waals surface area contributed by atoms with Gasteiger partial charge in [-0.1, -0.05) is 6.07 Å². The van der Waals surface area contributed by atoms with Crippen LogP contribution in [0, 0.1) is 6.92 Å². The molecule has 0 aromatic carbocycles. The first-order valence-corrected chi connectivity index (χ1v) is 9.13. The van der Waals surface area contributed by atoms with E-state index in [4.69, 9.17) is 9.47 Å². The van der Waals surface area contributed by atoms with Gasteiger partial charge in [-0.05, 0) is 50.5 Å². The lowest BCUT2D eigenvalue weighted by Crippen LogP contribution is -2.44.